The lowest BCUT2D eigenvalue weighted by Crippen LogP contribution is -2.48. The van der Waals surface area contributed by atoms with Crippen LogP contribution in [0.3, 0.4) is 0 Å². The number of nitrogens with one attached hydrogen (secondary N) is 1. The highest BCUT2D eigenvalue weighted by molar-refractivity contribution is 5.88. The molecule has 3 aliphatic rings. The number of likely N-dealkylation sites (tertiary alicyclic amines) is 1. The molecule has 2 saturated heterocycles. The normalized spacial score (nSPS) is 29.1. The molecule has 4 heterocycles. The van der Waals surface area contributed by atoms with Crippen LogP contribution in [-0.4, -0.2) is 51.9 Å². The van der Waals surface area contributed by atoms with Crippen LogP contribution in [0.25, 0.3) is 11.0 Å². The fraction of sp³-hybridized carbons (Fsp3) is 0.619. The topological polar surface area (TPSA) is 88.9 Å². The zero-order valence-electron chi connectivity index (χ0n) is 16.3. The summed E-state index contributed by atoms with van der Waals surface area (Å²) < 4.78 is 0. The van der Waals surface area contributed by atoms with Gasteiger partial charge < -0.3 is 14.8 Å². The second kappa shape index (κ2) is 6.20. The number of rotatable bonds is 2. The molecule has 0 unspecified atom stereocenters. The SMILES string of the molecule is C[C@]12CN(C(=O)C3(C#N)CCCC3)C[C@H]1CCN(c1ncnc3[nH]ccc13)C2. The van der Waals surface area contributed by atoms with Gasteiger partial charge in [-0.3, -0.25) is 4.79 Å². The minimum Gasteiger partial charge on any atom is -0.355 e. The Morgan fingerprint density at radius 2 is 2.14 bits per heavy atom. The molecule has 3 fully saturated rings. The highest BCUT2D eigenvalue weighted by Crippen LogP contribution is 2.46. The number of carbonyl (C=O) groups is 1. The lowest BCUT2D eigenvalue weighted by atomic mass is 9.75. The Kier molecular flexibility index (Phi) is 3.87. The average Bonchev–Trinajstić information content (AvgIpc) is 3.43. The average molecular weight is 378 g/mol. The molecule has 2 aromatic rings. The molecule has 2 aliphatic heterocycles. The summed E-state index contributed by atoms with van der Waals surface area (Å²) in [4.78, 5) is 29.6. The van der Waals surface area contributed by atoms with Crippen molar-refractivity contribution in [2.45, 2.75) is 39.0 Å². The molecule has 146 valence electrons. The molecule has 0 spiro atoms. The predicted octanol–water partition coefficient (Wildman–Crippen LogP) is 2.72. The monoisotopic (exact) mass is 378 g/mol. The Morgan fingerprint density at radius 3 is 2.93 bits per heavy atom. The van der Waals surface area contributed by atoms with Gasteiger partial charge in [0.15, 0.2) is 0 Å². The van der Waals surface area contributed by atoms with Gasteiger partial charge in [0.05, 0.1) is 11.5 Å². The third-order valence-electron chi connectivity index (χ3n) is 7.28. The number of hydrogen-bond acceptors (Lipinski definition) is 5. The Labute approximate surface area is 164 Å². The maximum atomic E-state index is 13.2. The molecule has 1 amide bonds. The van der Waals surface area contributed by atoms with E-state index in [4.69, 9.17) is 0 Å². The standard InChI is InChI=1S/C21H26N6O/c1-20-12-26(18-16-4-8-23-17(16)24-14-25-18)9-5-15(20)10-27(13-20)19(28)21(11-22)6-2-3-7-21/h4,8,14-15H,2-3,5-7,9-10,12-13H2,1H3,(H,23,24,25)/t15-,20+/m1/s1. The van der Waals surface area contributed by atoms with E-state index in [1.54, 1.807) is 6.33 Å². The van der Waals surface area contributed by atoms with E-state index in [1.165, 1.54) is 0 Å². The number of H-pyrrole nitrogens is 1. The Balaban J connectivity index is 1.38. The third kappa shape index (κ3) is 2.50. The fourth-order valence-corrected chi connectivity index (χ4v) is 5.66. The maximum Gasteiger partial charge on any atom is 0.243 e. The molecule has 1 aliphatic carbocycles. The Bertz CT molecular complexity index is 955. The largest absolute Gasteiger partial charge is 0.355 e. The summed E-state index contributed by atoms with van der Waals surface area (Å²) in [5, 5.41) is 10.8. The predicted molar refractivity (Wildman–Crippen MR) is 105 cm³/mol. The van der Waals surface area contributed by atoms with Crippen LogP contribution in [0.5, 0.6) is 0 Å². The molecule has 0 aromatic carbocycles. The number of carbonyl (C=O) groups excluding carboxylic acids is 1. The van der Waals surface area contributed by atoms with Crippen LogP contribution in [0.15, 0.2) is 18.6 Å². The molecule has 7 nitrogen and oxygen atoms in total. The van der Waals surface area contributed by atoms with E-state index in [2.05, 4.69) is 32.8 Å². The van der Waals surface area contributed by atoms with Gasteiger partial charge in [-0.2, -0.15) is 5.26 Å². The molecule has 28 heavy (non-hydrogen) atoms. The molecule has 1 N–H and O–H groups in total. The number of amides is 1. The van der Waals surface area contributed by atoms with Crippen molar-refractivity contribution in [1.82, 2.24) is 19.9 Å². The first kappa shape index (κ1) is 17.5. The number of aromatic amines is 1. The van der Waals surface area contributed by atoms with E-state index in [-0.39, 0.29) is 11.3 Å². The van der Waals surface area contributed by atoms with Crippen LogP contribution in [0.4, 0.5) is 5.82 Å². The van der Waals surface area contributed by atoms with Crippen LogP contribution < -0.4 is 4.90 Å². The highest BCUT2D eigenvalue weighted by Gasteiger charge is 2.52. The molecular weight excluding hydrogens is 352 g/mol. The van der Waals surface area contributed by atoms with Crippen molar-refractivity contribution in [1.29, 1.82) is 5.26 Å². The van der Waals surface area contributed by atoms with Crippen LogP contribution in [-0.2, 0) is 4.79 Å². The summed E-state index contributed by atoms with van der Waals surface area (Å²) in [5.41, 5.74) is 0.113. The molecule has 1 saturated carbocycles. The number of nitrogens with zero attached hydrogens (tertiary/aromatic N) is 5. The van der Waals surface area contributed by atoms with E-state index in [1.807, 2.05) is 17.2 Å². The summed E-state index contributed by atoms with van der Waals surface area (Å²) >= 11 is 0. The van der Waals surface area contributed by atoms with Crippen LogP contribution in [0.1, 0.15) is 39.0 Å². The Hall–Kier alpha value is -2.62. The van der Waals surface area contributed by atoms with Crippen molar-refractivity contribution >= 4 is 22.8 Å². The van der Waals surface area contributed by atoms with Gasteiger partial charge >= 0.3 is 0 Å². The second-order valence-electron chi connectivity index (χ2n) is 9.09. The van der Waals surface area contributed by atoms with Crippen molar-refractivity contribution in [3.63, 3.8) is 0 Å². The fourth-order valence-electron chi connectivity index (χ4n) is 5.66. The van der Waals surface area contributed by atoms with E-state index in [0.717, 1.165) is 75.1 Å². The zero-order chi connectivity index (χ0) is 19.4. The quantitative estimate of drug-likeness (QED) is 0.868. The van der Waals surface area contributed by atoms with E-state index >= 15 is 0 Å². The molecule has 2 atom stereocenters. The number of fused-ring (bicyclic) bond motifs is 2. The van der Waals surface area contributed by atoms with Crippen LogP contribution in [0.2, 0.25) is 0 Å². The smallest absolute Gasteiger partial charge is 0.243 e. The first-order chi connectivity index (χ1) is 13.5. The van der Waals surface area contributed by atoms with Crippen molar-refractivity contribution in [3.05, 3.63) is 18.6 Å². The van der Waals surface area contributed by atoms with E-state index < -0.39 is 5.41 Å². The third-order valence-corrected chi connectivity index (χ3v) is 7.28. The van der Waals surface area contributed by atoms with Gasteiger partial charge in [-0.15, -0.1) is 0 Å². The van der Waals surface area contributed by atoms with Crippen molar-refractivity contribution in [2.24, 2.45) is 16.7 Å². The second-order valence-corrected chi connectivity index (χ2v) is 9.09. The summed E-state index contributed by atoms with van der Waals surface area (Å²) in [6, 6.07) is 4.41. The summed E-state index contributed by atoms with van der Waals surface area (Å²) in [6.45, 7) is 5.62. The van der Waals surface area contributed by atoms with Crippen molar-refractivity contribution in [2.75, 3.05) is 31.1 Å². The van der Waals surface area contributed by atoms with Gasteiger partial charge in [-0.25, -0.2) is 9.97 Å². The van der Waals surface area contributed by atoms with Crippen LogP contribution >= 0.6 is 0 Å². The van der Waals surface area contributed by atoms with Gasteiger partial charge in [0, 0.05) is 37.8 Å². The van der Waals surface area contributed by atoms with Gasteiger partial charge in [0.1, 0.15) is 23.2 Å². The molecule has 2 aromatic heterocycles. The summed E-state index contributed by atoms with van der Waals surface area (Å²) in [5.74, 6) is 1.53. The molecule has 7 heteroatoms. The maximum absolute atomic E-state index is 13.2. The van der Waals surface area contributed by atoms with Gasteiger partial charge in [-0.1, -0.05) is 19.8 Å². The van der Waals surface area contributed by atoms with Crippen LogP contribution in [0, 0.1) is 28.1 Å². The van der Waals surface area contributed by atoms with Crippen molar-refractivity contribution < 1.29 is 4.79 Å². The highest BCUT2D eigenvalue weighted by atomic mass is 16.2. The number of aromatic nitrogens is 3. The molecular formula is C21H26N6O. The first-order valence-electron chi connectivity index (χ1n) is 10.3. The lowest BCUT2D eigenvalue weighted by Gasteiger charge is -2.42. The zero-order valence-corrected chi connectivity index (χ0v) is 16.3. The first-order valence-corrected chi connectivity index (χ1v) is 10.3. The lowest BCUT2D eigenvalue weighted by molar-refractivity contribution is -0.138. The minimum absolute atomic E-state index is 0.0245. The van der Waals surface area contributed by atoms with Gasteiger partial charge in [0.25, 0.3) is 0 Å². The molecule has 5 rings (SSSR count). The number of nitriles is 1. The minimum atomic E-state index is -0.770. The summed E-state index contributed by atoms with van der Waals surface area (Å²) in [7, 11) is 0. The molecule has 0 bridgehead atoms. The van der Waals surface area contributed by atoms with Gasteiger partial charge in [0.2, 0.25) is 5.91 Å². The summed E-state index contributed by atoms with van der Waals surface area (Å²) in [6.07, 6.45) is 7.97. The van der Waals surface area contributed by atoms with E-state index in [0.29, 0.717) is 5.92 Å². The Morgan fingerprint density at radius 1 is 1.32 bits per heavy atom. The van der Waals surface area contributed by atoms with Gasteiger partial charge in [-0.05, 0) is 31.2 Å². The van der Waals surface area contributed by atoms with E-state index in [9.17, 15) is 10.1 Å². The number of piperidine rings is 1. The number of hydrogen-bond donors (Lipinski definition) is 1. The number of anilines is 1. The molecule has 0 radical (unpaired) electrons. The van der Waals surface area contributed by atoms with Crippen molar-refractivity contribution in [3.8, 4) is 6.07 Å².